The van der Waals surface area contributed by atoms with Crippen molar-refractivity contribution in [2.45, 2.75) is 63.7 Å². The number of rotatable bonds is 15. The summed E-state index contributed by atoms with van der Waals surface area (Å²) in [4.78, 5) is 56.4. The molecular formula is C20H35N7O5S. The maximum atomic E-state index is 13.0. The van der Waals surface area contributed by atoms with Gasteiger partial charge in [-0.25, -0.2) is 9.78 Å². The smallest absolute Gasteiger partial charge is 0.326 e. The molecule has 0 fully saturated rings. The number of aromatic amines is 1. The number of imidazole rings is 1. The fraction of sp³-hybridized carbons (Fsp3) is 0.650. The lowest BCUT2D eigenvalue weighted by Crippen LogP contribution is -2.59. The molecule has 12 nitrogen and oxygen atoms in total. The third kappa shape index (κ3) is 9.80. The molecule has 186 valence electrons. The van der Waals surface area contributed by atoms with Crippen LogP contribution in [0.4, 0.5) is 0 Å². The van der Waals surface area contributed by atoms with Gasteiger partial charge in [0.15, 0.2) is 0 Å². The number of carbonyl (C=O) groups excluding carboxylic acids is 3. The SMILES string of the molecule is CC(C)C(NC(=O)C(Cc1cnc[nH]1)NC(=O)C(N)CS)C(=O)NC(CCCCN)C(=O)O. The lowest BCUT2D eigenvalue weighted by molar-refractivity contribution is -0.142. The third-order valence-electron chi connectivity index (χ3n) is 4.95. The van der Waals surface area contributed by atoms with E-state index >= 15 is 0 Å². The Kier molecular flexibility index (Phi) is 12.5. The Morgan fingerprint density at radius 1 is 1.09 bits per heavy atom. The van der Waals surface area contributed by atoms with Crippen LogP contribution in [-0.4, -0.2) is 75.2 Å². The van der Waals surface area contributed by atoms with E-state index in [1.54, 1.807) is 13.8 Å². The van der Waals surface area contributed by atoms with E-state index < -0.39 is 47.9 Å². The summed E-state index contributed by atoms with van der Waals surface area (Å²) in [6, 6.07) is -4.08. The van der Waals surface area contributed by atoms with Gasteiger partial charge < -0.3 is 37.5 Å². The minimum absolute atomic E-state index is 0.0835. The van der Waals surface area contributed by atoms with Crippen LogP contribution in [0.2, 0.25) is 0 Å². The molecule has 0 spiro atoms. The van der Waals surface area contributed by atoms with Crippen molar-refractivity contribution in [3.05, 3.63) is 18.2 Å². The van der Waals surface area contributed by atoms with Gasteiger partial charge in [-0.05, 0) is 31.7 Å². The molecule has 13 heteroatoms. The second kappa shape index (κ2) is 14.5. The molecule has 4 unspecified atom stereocenters. The van der Waals surface area contributed by atoms with Crippen LogP contribution in [0.5, 0.6) is 0 Å². The number of amides is 3. The average Bonchev–Trinajstić information content (AvgIpc) is 3.28. The Morgan fingerprint density at radius 3 is 2.27 bits per heavy atom. The number of nitrogens with zero attached hydrogens (tertiary/aromatic N) is 1. The first-order valence-electron chi connectivity index (χ1n) is 10.8. The zero-order valence-electron chi connectivity index (χ0n) is 18.9. The van der Waals surface area contributed by atoms with E-state index in [9.17, 15) is 24.3 Å². The summed E-state index contributed by atoms with van der Waals surface area (Å²) >= 11 is 4.00. The summed E-state index contributed by atoms with van der Waals surface area (Å²) in [6.45, 7) is 3.85. The number of carboxylic acid groups (broad SMARTS) is 1. The topological polar surface area (TPSA) is 205 Å². The highest BCUT2D eigenvalue weighted by atomic mass is 32.1. The number of hydrogen-bond donors (Lipinski definition) is 8. The first-order valence-corrected chi connectivity index (χ1v) is 11.4. The summed E-state index contributed by atoms with van der Waals surface area (Å²) in [5.41, 5.74) is 11.7. The molecule has 33 heavy (non-hydrogen) atoms. The molecule has 0 saturated carbocycles. The van der Waals surface area contributed by atoms with Gasteiger partial charge in [-0.2, -0.15) is 12.6 Å². The van der Waals surface area contributed by atoms with Crippen molar-refractivity contribution >= 4 is 36.3 Å². The van der Waals surface area contributed by atoms with E-state index in [1.165, 1.54) is 12.5 Å². The van der Waals surface area contributed by atoms with E-state index in [4.69, 9.17) is 11.5 Å². The molecule has 3 amide bonds. The molecule has 1 heterocycles. The van der Waals surface area contributed by atoms with Crippen molar-refractivity contribution in [1.29, 1.82) is 0 Å². The summed E-state index contributed by atoms with van der Waals surface area (Å²) in [5.74, 6) is -3.25. The maximum absolute atomic E-state index is 13.0. The second-order valence-corrected chi connectivity index (χ2v) is 8.41. The quantitative estimate of drug-likeness (QED) is 0.108. The largest absolute Gasteiger partial charge is 0.480 e. The Balaban J connectivity index is 2.94. The number of carboxylic acids is 1. The van der Waals surface area contributed by atoms with Crippen molar-refractivity contribution in [2.75, 3.05) is 12.3 Å². The molecule has 4 atom stereocenters. The molecule has 0 aliphatic heterocycles. The number of thiol groups is 1. The zero-order chi connectivity index (χ0) is 25.0. The molecule has 9 N–H and O–H groups in total. The van der Waals surface area contributed by atoms with Crippen LogP contribution in [0.15, 0.2) is 12.5 Å². The van der Waals surface area contributed by atoms with Crippen LogP contribution in [-0.2, 0) is 25.6 Å². The summed E-state index contributed by atoms with van der Waals surface area (Å²) in [6.07, 6.45) is 4.42. The van der Waals surface area contributed by atoms with Gasteiger partial charge in [0.25, 0.3) is 0 Å². The lowest BCUT2D eigenvalue weighted by Gasteiger charge is -2.27. The van der Waals surface area contributed by atoms with Crippen molar-refractivity contribution < 1.29 is 24.3 Å². The number of aliphatic carboxylic acids is 1. The number of carbonyl (C=O) groups is 4. The Labute approximate surface area is 198 Å². The van der Waals surface area contributed by atoms with Crippen molar-refractivity contribution in [1.82, 2.24) is 25.9 Å². The standard InChI is InChI=1S/C20H35N7O5S/c1-11(2)16(19(30)25-14(20(31)32)5-3-4-6-21)27-18(29)15(7-12-8-23-10-24-12)26-17(28)13(22)9-33/h8,10-11,13-16,33H,3-7,9,21-22H2,1-2H3,(H,23,24)(H,25,30)(H,26,28)(H,27,29)(H,31,32). The number of nitrogens with two attached hydrogens (primary N) is 2. The first-order chi connectivity index (χ1) is 15.6. The van der Waals surface area contributed by atoms with Gasteiger partial charge in [-0.15, -0.1) is 0 Å². The van der Waals surface area contributed by atoms with Crippen LogP contribution >= 0.6 is 12.6 Å². The Hall–Kier alpha value is -2.64. The Bertz CT molecular complexity index is 775. The zero-order valence-corrected chi connectivity index (χ0v) is 19.8. The second-order valence-electron chi connectivity index (χ2n) is 8.05. The first kappa shape index (κ1) is 28.4. The van der Waals surface area contributed by atoms with Crippen molar-refractivity contribution in [3.63, 3.8) is 0 Å². The van der Waals surface area contributed by atoms with Crippen LogP contribution in [0.3, 0.4) is 0 Å². The normalized spacial score (nSPS) is 14.7. The van der Waals surface area contributed by atoms with Gasteiger partial charge in [-0.3, -0.25) is 14.4 Å². The number of nitrogens with one attached hydrogen (secondary N) is 4. The highest BCUT2D eigenvalue weighted by Gasteiger charge is 2.32. The number of H-pyrrole nitrogens is 1. The predicted octanol–water partition coefficient (Wildman–Crippen LogP) is -1.47. The van der Waals surface area contributed by atoms with E-state index in [2.05, 4.69) is 38.5 Å². The van der Waals surface area contributed by atoms with E-state index in [0.29, 0.717) is 25.1 Å². The van der Waals surface area contributed by atoms with Gasteiger partial charge in [0.1, 0.15) is 18.1 Å². The minimum Gasteiger partial charge on any atom is -0.480 e. The van der Waals surface area contributed by atoms with E-state index in [-0.39, 0.29) is 24.5 Å². The number of aromatic nitrogens is 2. The minimum atomic E-state index is -1.17. The molecule has 1 rings (SSSR count). The highest BCUT2D eigenvalue weighted by molar-refractivity contribution is 7.80. The predicted molar refractivity (Wildman–Crippen MR) is 125 cm³/mol. The van der Waals surface area contributed by atoms with Crippen molar-refractivity contribution in [3.8, 4) is 0 Å². The highest BCUT2D eigenvalue weighted by Crippen LogP contribution is 2.08. The van der Waals surface area contributed by atoms with Gasteiger partial charge >= 0.3 is 5.97 Å². The molecule has 0 aliphatic rings. The molecule has 0 aromatic carbocycles. The van der Waals surface area contributed by atoms with Crippen LogP contribution in [0.1, 0.15) is 38.8 Å². The van der Waals surface area contributed by atoms with Crippen LogP contribution in [0.25, 0.3) is 0 Å². The van der Waals surface area contributed by atoms with Crippen molar-refractivity contribution in [2.24, 2.45) is 17.4 Å². The number of unbranched alkanes of at least 4 members (excludes halogenated alkanes) is 1. The molecule has 0 saturated heterocycles. The summed E-state index contributed by atoms with van der Waals surface area (Å²) in [5, 5.41) is 17.1. The van der Waals surface area contributed by atoms with Gasteiger partial charge in [0.2, 0.25) is 17.7 Å². The molecule has 1 aromatic heterocycles. The fourth-order valence-electron chi connectivity index (χ4n) is 2.99. The molecule has 1 aromatic rings. The molecular weight excluding hydrogens is 450 g/mol. The molecule has 0 aliphatic carbocycles. The molecule has 0 bridgehead atoms. The van der Waals surface area contributed by atoms with Gasteiger partial charge in [0, 0.05) is 24.1 Å². The van der Waals surface area contributed by atoms with Gasteiger partial charge in [-0.1, -0.05) is 13.8 Å². The third-order valence-corrected chi connectivity index (χ3v) is 5.35. The molecule has 0 radical (unpaired) electrons. The summed E-state index contributed by atoms with van der Waals surface area (Å²) in [7, 11) is 0. The Morgan fingerprint density at radius 2 is 1.76 bits per heavy atom. The van der Waals surface area contributed by atoms with Crippen LogP contribution in [0, 0.1) is 5.92 Å². The summed E-state index contributed by atoms with van der Waals surface area (Å²) < 4.78 is 0. The lowest BCUT2D eigenvalue weighted by atomic mass is 10.0. The number of hydrogen-bond acceptors (Lipinski definition) is 8. The van der Waals surface area contributed by atoms with Crippen LogP contribution < -0.4 is 27.4 Å². The van der Waals surface area contributed by atoms with E-state index in [1.807, 2.05) is 0 Å². The van der Waals surface area contributed by atoms with Gasteiger partial charge in [0.05, 0.1) is 12.4 Å². The maximum Gasteiger partial charge on any atom is 0.326 e. The fourth-order valence-corrected chi connectivity index (χ4v) is 3.15. The van der Waals surface area contributed by atoms with E-state index in [0.717, 1.165) is 0 Å². The average molecular weight is 486 g/mol. The monoisotopic (exact) mass is 485 g/mol.